The summed E-state index contributed by atoms with van der Waals surface area (Å²) in [6, 6.07) is -1.48. The van der Waals surface area contributed by atoms with Gasteiger partial charge in [0.15, 0.2) is 0 Å². The lowest BCUT2D eigenvalue weighted by atomic mass is 9.89. The van der Waals surface area contributed by atoms with Gasteiger partial charge in [-0.05, 0) is 42.7 Å². The zero-order valence-electron chi connectivity index (χ0n) is 23.0. The largest absolute Gasteiger partial charge is 0.478 e. The lowest BCUT2D eigenvalue weighted by molar-refractivity contribution is -0.147. The fourth-order valence-electron chi connectivity index (χ4n) is 5.66. The molecule has 2 aliphatic rings. The number of alkyl halides is 2. The number of amides is 3. The fraction of sp³-hybridized carbons (Fsp3) is 0.643. The Morgan fingerprint density at radius 1 is 1.05 bits per heavy atom. The highest BCUT2D eigenvalue weighted by atomic mass is 19.3. The topological polar surface area (TPSA) is 136 Å². The van der Waals surface area contributed by atoms with Gasteiger partial charge >= 0.3 is 5.97 Å². The van der Waals surface area contributed by atoms with Crippen molar-refractivity contribution < 1.29 is 47.0 Å². The van der Waals surface area contributed by atoms with E-state index in [2.05, 4.69) is 10.6 Å². The quantitative estimate of drug-likeness (QED) is 0.278. The van der Waals surface area contributed by atoms with Crippen LogP contribution in [0.15, 0.2) is 12.1 Å². The van der Waals surface area contributed by atoms with Gasteiger partial charge in [0, 0.05) is 25.1 Å². The number of rotatable bonds is 12. The second-order valence-electron chi connectivity index (χ2n) is 11.2. The van der Waals surface area contributed by atoms with Crippen LogP contribution in [0.1, 0.15) is 68.3 Å². The average Bonchev–Trinajstić information content (AvgIpc) is 3.58. The summed E-state index contributed by atoms with van der Waals surface area (Å²) in [6.07, 6.45) is -1.51. The number of halogens is 4. The third-order valence-electron chi connectivity index (χ3n) is 7.98. The molecule has 4 N–H and O–H groups in total. The van der Waals surface area contributed by atoms with E-state index in [0.29, 0.717) is 18.1 Å². The summed E-state index contributed by atoms with van der Waals surface area (Å²) in [4.78, 5) is 51.4. The summed E-state index contributed by atoms with van der Waals surface area (Å²) < 4.78 is 55.1. The van der Waals surface area contributed by atoms with Gasteiger partial charge in [0.05, 0.1) is 5.56 Å². The molecular formula is C28H37F4N3O6. The van der Waals surface area contributed by atoms with E-state index in [4.69, 9.17) is 5.11 Å². The molecule has 0 radical (unpaired) electrons. The molecule has 0 aromatic heterocycles. The van der Waals surface area contributed by atoms with Gasteiger partial charge in [-0.2, -0.15) is 0 Å². The Hall–Kier alpha value is -3.22. The highest BCUT2D eigenvalue weighted by Crippen LogP contribution is 2.39. The number of carbonyl (C=O) groups excluding carboxylic acids is 3. The third-order valence-corrected chi connectivity index (χ3v) is 7.98. The highest BCUT2D eigenvalue weighted by molar-refractivity contribution is 5.93. The fourth-order valence-corrected chi connectivity index (χ4v) is 5.66. The van der Waals surface area contributed by atoms with Crippen molar-refractivity contribution in [3.8, 4) is 0 Å². The Balaban J connectivity index is 1.69. The van der Waals surface area contributed by atoms with E-state index in [1.807, 2.05) is 0 Å². The second-order valence-corrected chi connectivity index (χ2v) is 11.2. The molecule has 41 heavy (non-hydrogen) atoms. The average molecular weight is 588 g/mol. The molecular weight excluding hydrogens is 550 g/mol. The SMILES string of the molecule is CC(C)[C@@H](O)C(=O)N1C[C@H](C2CCCC2)C[C@@H]1C(=O)N[C@@H](CC(F)F)C(=O)NCCc1c(F)cc(C(=O)O)cc1F. The first kappa shape index (κ1) is 32.3. The van der Waals surface area contributed by atoms with E-state index in [0.717, 1.165) is 25.7 Å². The maximum atomic E-state index is 14.2. The van der Waals surface area contributed by atoms with Crippen LogP contribution in [0.3, 0.4) is 0 Å². The Morgan fingerprint density at radius 2 is 1.66 bits per heavy atom. The van der Waals surface area contributed by atoms with Gasteiger partial charge in [0.2, 0.25) is 18.2 Å². The second kappa shape index (κ2) is 14.1. The van der Waals surface area contributed by atoms with Crippen molar-refractivity contribution in [2.45, 2.75) is 83.4 Å². The van der Waals surface area contributed by atoms with Crippen molar-refractivity contribution in [2.24, 2.45) is 17.8 Å². The number of nitrogens with one attached hydrogen (secondary N) is 2. The minimum absolute atomic E-state index is 0.00348. The lowest BCUT2D eigenvalue weighted by Gasteiger charge is -2.29. The number of likely N-dealkylation sites (tertiary alicyclic amines) is 1. The maximum Gasteiger partial charge on any atom is 0.335 e. The van der Waals surface area contributed by atoms with Crippen molar-refractivity contribution in [1.29, 1.82) is 0 Å². The van der Waals surface area contributed by atoms with E-state index in [1.54, 1.807) is 13.8 Å². The number of carbonyl (C=O) groups is 4. The van der Waals surface area contributed by atoms with Gasteiger partial charge in [0.25, 0.3) is 5.91 Å². The van der Waals surface area contributed by atoms with Crippen LogP contribution < -0.4 is 10.6 Å². The molecule has 0 spiro atoms. The van der Waals surface area contributed by atoms with E-state index < -0.39 is 89.8 Å². The first-order chi connectivity index (χ1) is 19.3. The van der Waals surface area contributed by atoms with E-state index in [1.165, 1.54) is 4.90 Å². The highest BCUT2D eigenvalue weighted by Gasteiger charge is 2.45. The van der Waals surface area contributed by atoms with Crippen LogP contribution in [-0.4, -0.2) is 76.5 Å². The van der Waals surface area contributed by atoms with Crippen molar-refractivity contribution in [3.05, 3.63) is 34.9 Å². The van der Waals surface area contributed by atoms with Crippen molar-refractivity contribution in [3.63, 3.8) is 0 Å². The van der Waals surface area contributed by atoms with Crippen LogP contribution in [0.4, 0.5) is 17.6 Å². The molecule has 3 amide bonds. The van der Waals surface area contributed by atoms with E-state index >= 15 is 0 Å². The summed E-state index contributed by atoms with van der Waals surface area (Å²) in [5, 5.41) is 23.9. The zero-order chi connectivity index (χ0) is 30.4. The monoisotopic (exact) mass is 587 g/mol. The summed E-state index contributed by atoms with van der Waals surface area (Å²) in [5.74, 6) is -6.35. The zero-order valence-corrected chi connectivity index (χ0v) is 23.0. The molecule has 1 aromatic carbocycles. The molecule has 1 aliphatic carbocycles. The Bertz CT molecular complexity index is 1110. The maximum absolute atomic E-state index is 14.2. The number of aliphatic hydroxyl groups is 1. The molecule has 1 aliphatic heterocycles. The van der Waals surface area contributed by atoms with Gasteiger partial charge in [-0.25, -0.2) is 22.4 Å². The summed E-state index contributed by atoms with van der Waals surface area (Å²) >= 11 is 0. The number of hydrogen-bond donors (Lipinski definition) is 4. The van der Waals surface area contributed by atoms with Crippen LogP contribution in [-0.2, 0) is 20.8 Å². The molecule has 4 atom stereocenters. The lowest BCUT2D eigenvalue weighted by Crippen LogP contribution is -2.55. The van der Waals surface area contributed by atoms with Crippen LogP contribution in [0.2, 0.25) is 0 Å². The number of nitrogens with zero attached hydrogens (tertiary/aromatic N) is 1. The molecule has 1 heterocycles. The molecule has 228 valence electrons. The number of benzene rings is 1. The van der Waals surface area contributed by atoms with Crippen LogP contribution >= 0.6 is 0 Å². The summed E-state index contributed by atoms with van der Waals surface area (Å²) in [6.45, 7) is 3.18. The molecule has 2 fully saturated rings. The molecule has 0 bridgehead atoms. The van der Waals surface area contributed by atoms with Gasteiger partial charge in [-0.1, -0.05) is 39.5 Å². The molecule has 9 nitrogen and oxygen atoms in total. The normalized spacial score (nSPS) is 20.9. The Labute approximate surface area is 235 Å². The molecule has 1 saturated carbocycles. The smallest absolute Gasteiger partial charge is 0.335 e. The van der Waals surface area contributed by atoms with Crippen LogP contribution in [0.25, 0.3) is 0 Å². The Kier molecular flexibility index (Phi) is 11.1. The van der Waals surface area contributed by atoms with Crippen LogP contribution in [0, 0.1) is 29.4 Å². The number of carboxylic acids is 1. The van der Waals surface area contributed by atoms with Crippen molar-refractivity contribution >= 4 is 23.7 Å². The van der Waals surface area contributed by atoms with Crippen molar-refractivity contribution in [1.82, 2.24) is 15.5 Å². The van der Waals surface area contributed by atoms with Gasteiger partial charge in [-0.3, -0.25) is 14.4 Å². The van der Waals surface area contributed by atoms with Crippen LogP contribution in [0.5, 0.6) is 0 Å². The minimum Gasteiger partial charge on any atom is -0.478 e. The standard InChI is InChI=1S/C28H37F4N3O6/c1-14(2)24(36)27(39)35-13-17(15-5-3-4-6-15)11-22(35)26(38)34-21(12-23(31)32)25(37)33-8-7-18-19(29)9-16(28(40)41)10-20(18)30/h9-10,14-15,17,21-24,36H,3-8,11-13H2,1-2H3,(H,33,37)(H,34,38)(H,40,41)/t17-,21+,22-,24-/m1/s1. The van der Waals surface area contributed by atoms with Crippen molar-refractivity contribution in [2.75, 3.05) is 13.1 Å². The van der Waals surface area contributed by atoms with Gasteiger partial charge in [0.1, 0.15) is 29.8 Å². The summed E-state index contributed by atoms with van der Waals surface area (Å²) in [7, 11) is 0. The third kappa shape index (κ3) is 8.17. The Morgan fingerprint density at radius 3 is 2.20 bits per heavy atom. The van der Waals surface area contributed by atoms with E-state index in [9.17, 15) is 41.8 Å². The predicted molar refractivity (Wildman–Crippen MR) is 139 cm³/mol. The van der Waals surface area contributed by atoms with E-state index in [-0.39, 0.29) is 25.4 Å². The molecule has 1 saturated heterocycles. The first-order valence-corrected chi connectivity index (χ1v) is 13.9. The molecule has 1 aromatic rings. The minimum atomic E-state index is -2.97. The number of aliphatic hydroxyl groups excluding tert-OH is 1. The van der Waals surface area contributed by atoms with Gasteiger partial charge in [-0.15, -0.1) is 0 Å². The number of hydrogen-bond acceptors (Lipinski definition) is 5. The summed E-state index contributed by atoms with van der Waals surface area (Å²) in [5.41, 5.74) is -1.09. The molecule has 3 rings (SSSR count). The molecule has 0 unspecified atom stereocenters. The van der Waals surface area contributed by atoms with Gasteiger partial charge < -0.3 is 25.7 Å². The predicted octanol–water partition coefficient (Wildman–Crippen LogP) is 2.89. The number of carboxylic acid groups (broad SMARTS) is 1. The number of aromatic carboxylic acids is 1. The first-order valence-electron chi connectivity index (χ1n) is 13.9. The molecule has 13 heteroatoms.